The zero-order valence-electron chi connectivity index (χ0n) is 9.41. The van der Waals surface area contributed by atoms with Crippen LogP contribution in [0.2, 0.25) is 0 Å². The molecule has 0 saturated heterocycles. The number of urea groups is 1. The number of fused-ring (bicyclic) bond motifs is 1. The second kappa shape index (κ2) is 5.18. The molecule has 0 fully saturated rings. The van der Waals surface area contributed by atoms with E-state index in [2.05, 4.69) is 10.9 Å². The lowest BCUT2D eigenvalue weighted by Gasteiger charge is -2.01. The summed E-state index contributed by atoms with van der Waals surface area (Å²) in [5.74, 6) is -0.304. The summed E-state index contributed by atoms with van der Waals surface area (Å²) in [4.78, 5) is 24.1. The van der Waals surface area contributed by atoms with Crippen LogP contribution in [0, 0.1) is 0 Å². The fourth-order valence-electron chi connectivity index (χ4n) is 1.96. The topological polar surface area (TPSA) is 84.2 Å². The molecular weight excluding hydrogens is 238 g/mol. The van der Waals surface area contributed by atoms with Crippen molar-refractivity contribution in [2.24, 2.45) is 5.73 Å². The third kappa shape index (κ3) is 2.97. The normalized spacial score (nSPS) is 14.6. The monoisotopic (exact) mass is 253 g/mol. The van der Waals surface area contributed by atoms with Crippen molar-refractivity contribution in [2.75, 3.05) is 0 Å². The molecule has 0 atom stereocenters. The van der Waals surface area contributed by atoms with E-state index < -0.39 is 6.03 Å². The molecule has 0 radical (unpaired) electrons. The maximum absolute atomic E-state index is 11.7. The van der Waals surface area contributed by atoms with Gasteiger partial charge in [-0.15, -0.1) is 11.3 Å². The van der Waals surface area contributed by atoms with Crippen LogP contribution in [0.1, 0.15) is 39.4 Å². The van der Waals surface area contributed by atoms with Crippen LogP contribution >= 0.6 is 11.3 Å². The lowest BCUT2D eigenvalue weighted by Crippen LogP contribution is -2.44. The zero-order chi connectivity index (χ0) is 12.3. The van der Waals surface area contributed by atoms with Crippen molar-refractivity contribution >= 4 is 23.3 Å². The van der Waals surface area contributed by atoms with Gasteiger partial charge in [0.2, 0.25) is 0 Å². The van der Waals surface area contributed by atoms with Gasteiger partial charge in [0.05, 0.1) is 4.88 Å². The first-order valence-electron chi connectivity index (χ1n) is 5.64. The van der Waals surface area contributed by atoms with Crippen LogP contribution in [-0.4, -0.2) is 11.9 Å². The minimum atomic E-state index is -0.767. The number of nitrogens with one attached hydrogen (secondary N) is 2. The number of carbonyl (C=O) groups excluding carboxylic acids is 2. The number of nitrogens with two attached hydrogens (primary N) is 1. The number of aryl methyl sites for hydroxylation is 2. The fraction of sp³-hybridized carbons (Fsp3) is 0.455. The Morgan fingerprint density at radius 2 is 1.94 bits per heavy atom. The second-order valence-corrected chi connectivity index (χ2v) is 5.20. The molecular formula is C11H15N3O2S. The van der Waals surface area contributed by atoms with Crippen LogP contribution in [0.3, 0.4) is 0 Å². The number of carbonyl (C=O) groups is 2. The molecule has 1 aliphatic rings. The van der Waals surface area contributed by atoms with E-state index in [9.17, 15) is 9.59 Å². The highest BCUT2D eigenvalue weighted by Crippen LogP contribution is 2.28. The van der Waals surface area contributed by atoms with Crippen molar-refractivity contribution in [3.63, 3.8) is 0 Å². The van der Waals surface area contributed by atoms with E-state index in [4.69, 9.17) is 5.73 Å². The first-order valence-corrected chi connectivity index (χ1v) is 6.46. The van der Waals surface area contributed by atoms with Gasteiger partial charge >= 0.3 is 6.03 Å². The number of primary amides is 1. The number of hydrazine groups is 1. The van der Waals surface area contributed by atoms with Crippen LogP contribution < -0.4 is 16.6 Å². The molecule has 5 nitrogen and oxygen atoms in total. The molecule has 1 aromatic heterocycles. The summed E-state index contributed by atoms with van der Waals surface area (Å²) < 4.78 is 0. The molecule has 0 bridgehead atoms. The summed E-state index contributed by atoms with van der Waals surface area (Å²) in [6.07, 6.45) is 5.73. The summed E-state index contributed by atoms with van der Waals surface area (Å²) in [7, 11) is 0. The Bertz CT molecular complexity index is 418. The van der Waals surface area contributed by atoms with E-state index in [0.717, 1.165) is 12.8 Å². The average Bonchev–Trinajstić information content (AvgIpc) is 2.58. The molecule has 6 heteroatoms. The molecule has 1 heterocycles. The van der Waals surface area contributed by atoms with Gasteiger partial charge in [-0.1, -0.05) is 6.42 Å². The van der Waals surface area contributed by atoms with Crippen LogP contribution in [-0.2, 0) is 12.8 Å². The van der Waals surface area contributed by atoms with Crippen molar-refractivity contribution in [1.29, 1.82) is 0 Å². The van der Waals surface area contributed by atoms with Gasteiger partial charge in [-0.05, 0) is 37.3 Å². The lowest BCUT2D eigenvalue weighted by atomic mass is 10.1. The number of amides is 3. The fourth-order valence-corrected chi connectivity index (χ4v) is 3.11. The summed E-state index contributed by atoms with van der Waals surface area (Å²) in [5, 5.41) is 0. The Morgan fingerprint density at radius 3 is 2.71 bits per heavy atom. The van der Waals surface area contributed by atoms with Crippen molar-refractivity contribution in [1.82, 2.24) is 10.9 Å². The molecule has 2 rings (SSSR count). The number of rotatable bonds is 1. The average molecular weight is 253 g/mol. The van der Waals surface area contributed by atoms with Crippen molar-refractivity contribution in [3.05, 3.63) is 21.4 Å². The zero-order valence-corrected chi connectivity index (χ0v) is 10.2. The molecule has 4 N–H and O–H groups in total. The molecule has 0 aliphatic heterocycles. The third-order valence-corrected chi connectivity index (χ3v) is 4.01. The molecule has 1 aliphatic carbocycles. The third-order valence-electron chi connectivity index (χ3n) is 2.77. The van der Waals surface area contributed by atoms with Gasteiger partial charge in [-0.25, -0.2) is 10.2 Å². The number of thiophene rings is 1. The van der Waals surface area contributed by atoms with Gasteiger partial charge in [0.25, 0.3) is 5.91 Å². The maximum atomic E-state index is 11.7. The van der Waals surface area contributed by atoms with Crippen LogP contribution in [0.4, 0.5) is 4.79 Å². The largest absolute Gasteiger partial charge is 0.350 e. The predicted octanol–water partition coefficient (Wildman–Crippen LogP) is 1.33. The van der Waals surface area contributed by atoms with Gasteiger partial charge < -0.3 is 5.73 Å². The maximum Gasteiger partial charge on any atom is 0.330 e. The number of hydrogen-bond donors (Lipinski definition) is 3. The summed E-state index contributed by atoms with van der Waals surface area (Å²) in [6.45, 7) is 0. The highest BCUT2D eigenvalue weighted by atomic mass is 32.1. The van der Waals surface area contributed by atoms with E-state index in [0.29, 0.717) is 4.88 Å². The highest BCUT2D eigenvalue weighted by Gasteiger charge is 2.16. The molecule has 0 spiro atoms. The predicted molar refractivity (Wildman–Crippen MR) is 65.8 cm³/mol. The first-order chi connectivity index (χ1) is 8.16. The van der Waals surface area contributed by atoms with Crippen molar-refractivity contribution in [3.8, 4) is 0 Å². The van der Waals surface area contributed by atoms with Gasteiger partial charge in [0.1, 0.15) is 0 Å². The molecule has 3 amide bonds. The van der Waals surface area contributed by atoms with E-state index in [1.54, 1.807) is 0 Å². The Kier molecular flexibility index (Phi) is 3.63. The van der Waals surface area contributed by atoms with E-state index in [1.165, 1.54) is 41.0 Å². The van der Waals surface area contributed by atoms with Gasteiger partial charge in [0.15, 0.2) is 0 Å². The Morgan fingerprint density at radius 1 is 1.18 bits per heavy atom. The van der Waals surface area contributed by atoms with Gasteiger partial charge in [-0.2, -0.15) is 0 Å². The molecule has 0 unspecified atom stereocenters. The second-order valence-electron chi connectivity index (χ2n) is 4.06. The van der Waals surface area contributed by atoms with Gasteiger partial charge in [0, 0.05) is 4.88 Å². The van der Waals surface area contributed by atoms with E-state index in [1.807, 2.05) is 6.07 Å². The van der Waals surface area contributed by atoms with E-state index in [-0.39, 0.29) is 5.91 Å². The summed E-state index contributed by atoms with van der Waals surface area (Å²) in [6, 6.07) is 1.15. The van der Waals surface area contributed by atoms with Crippen molar-refractivity contribution < 1.29 is 9.59 Å². The summed E-state index contributed by atoms with van der Waals surface area (Å²) >= 11 is 1.50. The first kappa shape index (κ1) is 11.9. The Hall–Kier alpha value is -1.56. The summed E-state index contributed by atoms with van der Waals surface area (Å²) in [5.41, 5.74) is 10.5. The minimum Gasteiger partial charge on any atom is -0.350 e. The molecule has 92 valence electrons. The SMILES string of the molecule is NC(=O)NNC(=O)c1cc2c(s1)CCCCC2. The van der Waals surface area contributed by atoms with E-state index >= 15 is 0 Å². The molecule has 0 saturated carbocycles. The smallest absolute Gasteiger partial charge is 0.330 e. The van der Waals surface area contributed by atoms with Crippen molar-refractivity contribution in [2.45, 2.75) is 32.1 Å². The number of hydrogen-bond acceptors (Lipinski definition) is 3. The molecule has 0 aromatic carbocycles. The van der Waals surface area contributed by atoms with Gasteiger partial charge in [-0.3, -0.25) is 10.2 Å². The van der Waals surface area contributed by atoms with Crippen LogP contribution in [0.25, 0.3) is 0 Å². The highest BCUT2D eigenvalue weighted by molar-refractivity contribution is 7.14. The standard InChI is InChI=1S/C11H15N3O2S/c12-11(16)14-13-10(15)9-6-7-4-2-1-3-5-8(7)17-9/h6H,1-5H2,(H,13,15)(H3,12,14,16). The van der Waals surface area contributed by atoms with Crippen LogP contribution in [0.5, 0.6) is 0 Å². The lowest BCUT2D eigenvalue weighted by molar-refractivity contribution is 0.0941. The Labute approximate surface area is 103 Å². The quantitative estimate of drug-likeness (QED) is 0.521. The Balaban J connectivity index is 2.06. The minimum absolute atomic E-state index is 0.304. The van der Waals surface area contributed by atoms with Crippen LogP contribution in [0.15, 0.2) is 6.07 Å². The molecule has 1 aromatic rings. The molecule has 17 heavy (non-hydrogen) atoms.